The Hall–Kier alpha value is -2.03. The Labute approximate surface area is 93.1 Å². The van der Waals surface area contributed by atoms with Gasteiger partial charge in [-0.3, -0.25) is 0 Å². The molecule has 1 aliphatic heterocycles. The quantitative estimate of drug-likeness (QED) is 0.751. The molecule has 2 aliphatic rings. The lowest BCUT2D eigenvalue weighted by molar-refractivity contribution is -0.130. The summed E-state index contributed by atoms with van der Waals surface area (Å²) in [6, 6.07) is 4.05. The number of allylic oxidation sites excluding steroid dienone is 1. The van der Waals surface area contributed by atoms with Gasteiger partial charge in [0.1, 0.15) is 0 Å². The van der Waals surface area contributed by atoms with E-state index in [-0.39, 0.29) is 0 Å². The van der Waals surface area contributed by atoms with Crippen molar-refractivity contribution in [2.24, 2.45) is 0 Å². The number of rotatable bonds is 1. The number of aliphatic carboxylic acids is 1. The molecule has 0 aromatic heterocycles. The van der Waals surface area contributed by atoms with Crippen LogP contribution < -0.4 is 5.32 Å². The third-order valence-electron chi connectivity index (χ3n) is 3.04. The number of carboxylic acid groups (broad SMARTS) is 1. The van der Waals surface area contributed by atoms with Crippen LogP contribution in [0.4, 0.5) is 5.69 Å². The van der Waals surface area contributed by atoms with E-state index in [0.717, 1.165) is 35.3 Å². The van der Waals surface area contributed by atoms with Crippen LogP contribution >= 0.6 is 0 Å². The van der Waals surface area contributed by atoms with Gasteiger partial charge in [-0.15, -0.1) is 0 Å². The molecule has 2 N–H and O–H groups in total. The standard InChI is InChI=1S/C13H11NO2/c15-13(16)10-6-5-8-3-4-9-2-1-7-14-12(9)11(8)10/h1-4,6,14H,5,7H2,(H,15,16). The summed E-state index contributed by atoms with van der Waals surface area (Å²) in [5.41, 5.74) is 4.42. The number of hydrogen-bond acceptors (Lipinski definition) is 2. The Kier molecular flexibility index (Phi) is 1.86. The lowest BCUT2D eigenvalue weighted by atomic mass is 9.97. The van der Waals surface area contributed by atoms with Crippen LogP contribution in [-0.2, 0) is 11.2 Å². The van der Waals surface area contributed by atoms with Crippen LogP contribution in [0.5, 0.6) is 0 Å². The molecular weight excluding hydrogens is 202 g/mol. The van der Waals surface area contributed by atoms with E-state index in [1.54, 1.807) is 6.08 Å². The summed E-state index contributed by atoms with van der Waals surface area (Å²) in [5.74, 6) is -0.844. The predicted molar refractivity (Wildman–Crippen MR) is 63.3 cm³/mol. The van der Waals surface area contributed by atoms with Gasteiger partial charge >= 0.3 is 5.97 Å². The summed E-state index contributed by atoms with van der Waals surface area (Å²) >= 11 is 0. The molecule has 0 bridgehead atoms. The molecular formula is C13H11NO2. The first-order valence-corrected chi connectivity index (χ1v) is 5.27. The fourth-order valence-electron chi connectivity index (χ4n) is 2.32. The van der Waals surface area contributed by atoms with Crippen molar-refractivity contribution >= 4 is 23.3 Å². The third-order valence-corrected chi connectivity index (χ3v) is 3.04. The second kappa shape index (κ2) is 3.23. The van der Waals surface area contributed by atoms with E-state index in [2.05, 4.69) is 5.32 Å². The molecule has 0 unspecified atom stereocenters. The highest BCUT2D eigenvalue weighted by Gasteiger charge is 2.24. The summed E-state index contributed by atoms with van der Waals surface area (Å²) in [6.45, 7) is 0.760. The monoisotopic (exact) mass is 213 g/mol. The minimum absolute atomic E-state index is 0.426. The Bertz CT molecular complexity index is 541. The van der Waals surface area contributed by atoms with Gasteiger partial charge in [-0.2, -0.15) is 0 Å². The van der Waals surface area contributed by atoms with Crippen molar-refractivity contribution in [1.29, 1.82) is 0 Å². The van der Waals surface area contributed by atoms with E-state index in [4.69, 9.17) is 5.11 Å². The molecule has 1 aromatic carbocycles. The van der Waals surface area contributed by atoms with Crippen LogP contribution in [0.1, 0.15) is 16.7 Å². The van der Waals surface area contributed by atoms with Gasteiger partial charge in [-0.25, -0.2) is 4.79 Å². The first kappa shape index (κ1) is 9.21. The smallest absolute Gasteiger partial charge is 0.336 e. The van der Waals surface area contributed by atoms with Crippen LogP contribution in [0.3, 0.4) is 0 Å². The van der Waals surface area contributed by atoms with E-state index in [1.165, 1.54) is 0 Å². The number of benzene rings is 1. The molecule has 0 fully saturated rings. The normalized spacial score (nSPS) is 16.1. The van der Waals surface area contributed by atoms with Crippen LogP contribution in [-0.4, -0.2) is 17.6 Å². The number of carbonyl (C=O) groups is 1. The third kappa shape index (κ3) is 1.18. The van der Waals surface area contributed by atoms with Crippen LogP contribution in [0.2, 0.25) is 0 Å². The number of anilines is 1. The maximum atomic E-state index is 11.1. The molecule has 3 nitrogen and oxygen atoms in total. The molecule has 3 heteroatoms. The average molecular weight is 213 g/mol. The highest BCUT2D eigenvalue weighted by Crippen LogP contribution is 2.37. The number of fused-ring (bicyclic) bond motifs is 3. The van der Waals surface area contributed by atoms with Crippen molar-refractivity contribution in [3.63, 3.8) is 0 Å². The Morgan fingerprint density at radius 2 is 2.25 bits per heavy atom. The molecule has 16 heavy (non-hydrogen) atoms. The molecule has 0 atom stereocenters. The van der Waals surface area contributed by atoms with Crippen LogP contribution in [0.25, 0.3) is 11.6 Å². The SMILES string of the molecule is O=C(O)C1=CCc2ccc3c(c21)NCC=C3. The first-order valence-electron chi connectivity index (χ1n) is 5.27. The van der Waals surface area contributed by atoms with Crippen molar-refractivity contribution in [1.82, 2.24) is 0 Å². The van der Waals surface area contributed by atoms with Crippen molar-refractivity contribution in [2.45, 2.75) is 6.42 Å². The van der Waals surface area contributed by atoms with E-state index < -0.39 is 5.97 Å². The maximum absolute atomic E-state index is 11.1. The lowest BCUT2D eigenvalue weighted by Gasteiger charge is -2.18. The highest BCUT2D eigenvalue weighted by molar-refractivity contribution is 6.19. The van der Waals surface area contributed by atoms with Crippen LogP contribution in [0, 0.1) is 0 Å². The van der Waals surface area contributed by atoms with Gasteiger partial charge in [0, 0.05) is 12.1 Å². The van der Waals surface area contributed by atoms with Gasteiger partial charge in [0.25, 0.3) is 0 Å². The molecule has 0 saturated heterocycles. The van der Waals surface area contributed by atoms with Gasteiger partial charge in [0.05, 0.1) is 11.3 Å². The van der Waals surface area contributed by atoms with Gasteiger partial charge in [0.15, 0.2) is 0 Å². The zero-order chi connectivity index (χ0) is 11.1. The minimum atomic E-state index is -0.844. The summed E-state index contributed by atoms with van der Waals surface area (Å²) in [5, 5.41) is 12.4. The molecule has 0 spiro atoms. The first-order chi connectivity index (χ1) is 7.77. The Morgan fingerprint density at radius 1 is 1.38 bits per heavy atom. The molecule has 1 aromatic rings. The van der Waals surface area contributed by atoms with E-state index in [1.807, 2.05) is 24.3 Å². The van der Waals surface area contributed by atoms with E-state index >= 15 is 0 Å². The number of nitrogens with one attached hydrogen (secondary N) is 1. The number of hydrogen-bond donors (Lipinski definition) is 2. The number of carboxylic acids is 1. The average Bonchev–Trinajstić information content (AvgIpc) is 2.73. The van der Waals surface area contributed by atoms with Crippen LogP contribution in [0.15, 0.2) is 24.3 Å². The molecule has 0 amide bonds. The largest absolute Gasteiger partial charge is 0.478 e. The molecule has 1 heterocycles. The van der Waals surface area contributed by atoms with Crippen molar-refractivity contribution in [2.75, 3.05) is 11.9 Å². The summed E-state index contributed by atoms with van der Waals surface area (Å²) < 4.78 is 0. The molecule has 80 valence electrons. The highest BCUT2D eigenvalue weighted by atomic mass is 16.4. The molecule has 0 radical (unpaired) electrons. The van der Waals surface area contributed by atoms with Gasteiger partial charge in [-0.1, -0.05) is 30.4 Å². The Balaban J connectivity index is 2.24. The summed E-state index contributed by atoms with van der Waals surface area (Å²) in [4.78, 5) is 11.1. The Morgan fingerprint density at radius 3 is 3.06 bits per heavy atom. The topological polar surface area (TPSA) is 49.3 Å². The zero-order valence-electron chi connectivity index (χ0n) is 8.66. The lowest BCUT2D eigenvalue weighted by Crippen LogP contribution is -2.09. The van der Waals surface area contributed by atoms with Gasteiger partial charge in [-0.05, 0) is 17.5 Å². The zero-order valence-corrected chi connectivity index (χ0v) is 8.66. The predicted octanol–water partition coefficient (Wildman–Crippen LogP) is 2.15. The fraction of sp³-hybridized carbons (Fsp3) is 0.154. The second-order valence-corrected chi connectivity index (χ2v) is 3.97. The van der Waals surface area contributed by atoms with Gasteiger partial charge in [0.2, 0.25) is 0 Å². The van der Waals surface area contributed by atoms with Gasteiger partial charge < -0.3 is 10.4 Å². The summed E-state index contributed by atoms with van der Waals surface area (Å²) in [7, 11) is 0. The fourth-order valence-corrected chi connectivity index (χ4v) is 2.32. The second-order valence-electron chi connectivity index (χ2n) is 3.97. The van der Waals surface area contributed by atoms with E-state index in [9.17, 15) is 4.79 Å². The molecule has 0 saturated carbocycles. The van der Waals surface area contributed by atoms with E-state index in [0.29, 0.717) is 5.57 Å². The molecule has 1 aliphatic carbocycles. The minimum Gasteiger partial charge on any atom is -0.478 e. The molecule has 3 rings (SSSR count). The van der Waals surface area contributed by atoms with Crippen molar-refractivity contribution in [3.8, 4) is 0 Å². The maximum Gasteiger partial charge on any atom is 0.336 e. The van der Waals surface area contributed by atoms with Crippen molar-refractivity contribution in [3.05, 3.63) is 41.0 Å². The summed E-state index contributed by atoms with van der Waals surface area (Å²) in [6.07, 6.45) is 6.57. The van der Waals surface area contributed by atoms with Crippen molar-refractivity contribution < 1.29 is 9.90 Å².